The third-order valence-corrected chi connectivity index (χ3v) is 9.27. The Hall–Kier alpha value is -4.34. The highest BCUT2D eigenvalue weighted by molar-refractivity contribution is 5.76. The number of rotatable bonds is 16. The molecule has 1 saturated heterocycles. The maximum atomic E-state index is 12.5. The van der Waals surface area contributed by atoms with E-state index in [2.05, 4.69) is 96.2 Å². The van der Waals surface area contributed by atoms with Crippen LogP contribution < -0.4 is 10.6 Å². The lowest BCUT2D eigenvalue weighted by molar-refractivity contribution is -0.276. The highest BCUT2D eigenvalue weighted by Crippen LogP contribution is 2.42. The topological polar surface area (TPSA) is 100 Å². The zero-order chi connectivity index (χ0) is 35.3. The summed E-state index contributed by atoms with van der Waals surface area (Å²) < 4.78 is 13.5. The van der Waals surface area contributed by atoms with Crippen LogP contribution in [0.5, 0.6) is 0 Å². The molecule has 3 N–H and O–H groups in total. The number of ether oxygens (including phenoxy) is 2. The fourth-order valence-corrected chi connectivity index (χ4v) is 6.46. The average Bonchev–Trinajstić information content (AvgIpc) is 3.13. The first-order chi connectivity index (χ1) is 24.3. The van der Waals surface area contributed by atoms with Crippen LogP contribution >= 0.6 is 0 Å². The van der Waals surface area contributed by atoms with Crippen LogP contribution in [-0.4, -0.2) is 48.1 Å². The standard InChI is InChI=1S/C42H51N3O5/c1-30-39(28-45(3)27-32-12-6-4-7-13-32)49-42(50-41(30)35-21-19-33(29-46)20-22-35)38-17-11-16-37(25-38)36-15-10-14-34(24-36)26-44-40(48)18-8-5-9-23-43-31(2)47/h4,6-7,10-17,19-22,24-25,30,39,41-42,46H,5,8-9,18,23,26-29H2,1-3H3,(H,43,47)(H,44,48)/t30-,39+,41+,42+/m1/s1. The van der Waals surface area contributed by atoms with E-state index in [-0.39, 0.29) is 36.5 Å². The van der Waals surface area contributed by atoms with Gasteiger partial charge in [-0.15, -0.1) is 0 Å². The monoisotopic (exact) mass is 677 g/mol. The van der Waals surface area contributed by atoms with Crippen LogP contribution in [0.3, 0.4) is 0 Å². The van der Waals surface area contributed by atoms with E-state index < -0.39 is 6.29 Å². The second kappa shape index (κ2) is 18.6. The molecule has 0 spiro atoms. The molecule has 0 aromatic heterocycles. The molecule has 1 aliphatic heterocycles. The summed E-state index contributed by atoms with van der Waals surface area (Å²) in [5.74, 6) is 0.0922. The van der Waals surface area contributed by atoms with Gasteiger partial charge < -0.3 is 25.2 Å². The first kappa shape index (κ1) is 36.9. The number of carbonyl (C=O) groups excluding carboxylic acids is 2. The normalized spacial score (nSPS) is 18.9. The molecule has 1 heterocycles. The van der Waals surface area contributed by atoms with Crippen molar-refractivity contribution in [2.45, 2.75) is 77.7 Å². The van der Waals surface area contributed by atoms with E-state index in [1.165, 1.54) is 12.5 Å². The molecule has 4 atom stereocenters. The first-order valence-electron chi connectivity index (χ1n) is 17.7. The van der Waals surface area contributed by atoms with E-state index >= 15 is 0 Å². The summed E-state index contributed by atoms with van der Waals surface area (Å²) in [5, 5.41) is 15.5. The van der Waals surface area contributed by atoms with Gasteiger partial charge in [0.15, 0.2) is 6.29 Å². The predicted octanol–water partition coefficient (Wildman–Crippen LogP) is 7.08. The molecule has 5 rings (SSSR count). The molecule has 0 unspecified atom stereocenters. The molecule has 0 bridgehead atoms. The Morgan fingerprint density at radius 2 is 1.48 bits per heavy atom. The van der Waals surface area contributed by atoms with Gasteiger partial charge in [0, 0.05) is 51.0 Å². The summed E-state index contributed by atoms with van der Waals surface area (Å²) in [6.07, 6.45) is 2.19. The van der Waals surface area contributed by atoms with Gasteiger partial charge in [-0.25, -0.2) is 0 Å². The van der Waals surface area contributed by atoms with Gasteiger partial charge in [-0.2, -0.15) is 0 Å². The third-order valence-electron chi connectivity index (χ3n) is 9.27. The van der Waals surface area contributed by atoms with Crippen LogP contribution in [0.15, 0.2) is 103 Å². The van der Waals surface area contributed by atoms with Crippen molar-refractivity contribution >= 4 is 11.8 Å². The smallest absolute Gasteiger partial charge is 0.220 e. The Kier molecular flexibility index (Phi) is 13.7. The van der Waals surface area contributed by atoms with Crippen molar-refractivity contribution in [3.8, 4) is 11.1 Å². The SMILES string of the molecule is CC(=O)NCCCCCC(=O)NCc1cccc(-c2cccc([C@H]3O[C@@H](CN(C)Cc4ccccc4)[C@@H](C)[C@@H](c4ccc(CO)cc4)O3)c2)c1. The van der Waals surface area contributed by atoms with Crippen molar-refractivity contribution in [2.75, 3.05) is 20.1 Å². The van der Waals surface area contributed by atoms with Gasteiger partial charge in [0.05, 0.1) is 18.8 Å². The number of likely N-dealkylation sites (N-methyl/N-ethyl adjacent to an activating group) is 1. The summed E-state index contributed by atoms with van der Waals surface area (Å²) in [5.41, 5.74) is 7.26. The number of benzene rings is 4. The fraction of sp³-hybridized carbons (Fsp3) is 0.381. The quantitative estimate of drug-likeness (QED) is 0.110. The molecule has 264 valence electrons. The molecule has 8 heteroatoms. The molecule has 0 saturated carbocycles. The second-order valence-electron chi connectivity index (χ2n) is 13.4. The Morgan fingerprint density at radius 1 is 0.760 bits per heavy atom. The number of nitrogens with zero attached hydrogens (tertiary/aromatic N) is 1. The largest absolute Gasteiger partial charge is 0.392 e. The third kappa shape index (κ3) is 10.8. The lowest BCUT2D eigenvalue weighted by Crippen LogP contribution is -2.43. The van der Waals surface area contributed by atoms with E-state index in [9.17, 15) is 14.7 Å². The predicted molar refractivity (Wildman–Crippen MR) is 197 cm³/mol. The van der Waals surface area contributed by atoms with Crippen LogP contribution in [0.2, 0.25) is 0 Å². The molecule has 4 aromatic carbocycles. The Bertz CT molecular complexity index is 1660. The minimum atomic E-state index is -0.565. The van der Waals surface area contributed by atoms with Crippen molar-refractivity contribution < 1.29 is 24.2 Å². The van der Waals surface area contributed by atoms with E-state index in [4.69, 9.17) is 9.47 Å². The molecular weight excluding hydrogens is 626 g/mol. The highest BCUT2D eigenvalue weighted by Gasteiger charge is 2.39. The average molecular weight is 678 g/mol. The molecule has 50 heavy (non-hydrogen) atoms. The Morgan fingerprint density at radius 3 is 2.22 bits per heavy atom. The molecule has 0 aliphatic carbocycles. The lowest BCUT2D eigenvalue weighted by Gasteiger charge is -2.42. The maximum absolute atomic E-state index is 12.5. The van der Waals surface area contributed by atoms with Crippen molar-refractivity contribution in [1.82, 2.24) is 15.5 Å². The molecule has 2 amide bonds. The number of nitrogens with one attached hydrogen (secondary N) is 2. The van der Waals surface area contributed by atoms with Gasteiger partial charge in [-0.1, -0.05) is 104 Å². The van der Waals surface area contributed by atoms with Gasteiger partial charge >= 0.3 is 0 Å². The molecule has 4 aromatic rings. The fourth-order valence-electron chi connectivity index (χ4n) is 6.46. The molecule has 1 aliphatic rings. The van der Waals surface area contributed by atoms with E-state index in [1.807, 2.05) is 36.4 Å². The number of hydrogen-bond donors (Lipinski definition) is 3. The molecule has 0 radical (unpaired) electrons. The number of carbonyl (C=O) groups is 2. The summed E-state index contributed by atoms with van der Waals surface area (Å²) in [7, 11) is 2.13. The van der Waals surface area contributed by atoms with E-state index in [1.54, 1.807) is 0 Å². The van der Waals surface area contributed by atoms with Crippen molar-refractivity contribution in [2.24, 2.45) is 5.92 Å². The van der Waals surface area contributed by atoms with E-state index in [0.29, 0.717) is 19.5 Å². The van der Waals surface area contributed by atoms with Gasteiger partial charge in [-0.3, -0.25) is 14.5 Å². The number of aliphatic hydroxyl groups excluding tert-OH is 1. The molecule has 8 nitrogen and oxygen atoms in total. The van der Waals surface area contributed by atoms with Crippen LogP contribution in [-0.2, 0) is 38.8 Å². The second-order valence-corrected chi connectivity index (χ2v) is 13.4. The van der Waals surface area contributed by atoms with Gasteiger partial charge in [0.1, 0.15) is 0 Å². The number of unbranched alkanes of at least 4 members (excludes halogenated alkanes) is 2. The van der Waals surface area contributed by atoms with E-state index in [0.717, 1.165) is 65.7 Å². The molecular formula is C42H51N3O5. The van der Waals surface area contributed by atoms with Crippen LogP contribution in [0, 0.1) is 5.92 Å². The van der Waals surface area contributed by atoms with Crippen molar-refractivity contribution in [3.05, 3.63) is 131 Å². The number of aliphatic hydroxyl groups is 1. The summed E-state index contributed by atoms with van der Waals surface area (Å²) in [6.45, 7) is 6.38. The minimum absolute atomic E-state index is 0.00247. The first-order valence-corrected chi connectivity index (χ1v) is 17.7. The van der Waals surface area contributed by atoms with Crippen LogP contribution in [0.25, 0.3) is 11.1 Å². The molecule has 1 fully saturated rings. The summed E-state index contributed by atoms with van der Waals surface area (Å²) >= 11 is 0. The maximum Gasteiger partial charge on any atom is 0.220 e. The van der Waals surface area contributed by atoms with Crippen molar-refractivity contribution in [1.29, 1.82) is 0 Å². The van der Waals surface area contributed by atoms with Gasteiger partial charge in [-0.05, 0) is 65.4 Å². The lowest BCUT2D eigenvalue weighted by atomic mass is 9.90. The van der Waals surface area contributed by atoms with Crippen molar-refractivity contribution in [3.63, 3.8) is 0 Å². The summed E-state index contributed by atoms with van der Waals surface area (Å²) in [4.78, 5) is 25.8. The van der Waals surface area contributed by atoms with Crippen LogP contribution in [0.4, 0.5) is 0 Å². The Balaban J connectivity index is 1.27. The van der Waals surface area contributed by atoms with Gasteiger partial charge in [0.2, 0.25) is 11.8 Å². The zero-order valence-corrected chi connectivity index (χ0v) is 29.5. The Labute approximate surface area is 296 Å². The van der Waals surface area contributed by atoms with Crippen LogP contribution in [0.1, 0.15) is 79.7 Å². The zero-order valence-electron chi connectivity index (χ0n) is 29.5. The minimum Gasteiger partial charge on any atom is -0.392 e. The van der Waals surface area contributed by atoms with Gasteiger partial charge in [0.25, 0.3) is 0 Å². The highest BCUT2D eigenvalue weighted by atomic mass is 16.7. The number of hydrogen-bond acceptors (Lipinski definition) is 6. The summed E-state index contributed by atoms with van der Waals surface area (Å²) in [6, 6.07) is 35.0. The number of amides is 2.